The van der Waals surface area contributed by atoms with Crippen molar-refractivity contribution in [1.82, 2.24) is 19.9 Å². The molecule has 0 unspecified atom stereocenters. The van der Waals surface area contributed by atoms with E-state index in [0.717, 1.165) is 54.2 Å². The number of fused-ring (bicyclic) bond motifs is 1. The van der Waals surface area contributed by atoms with Gasteiger partial charge in [0.25, 0.3) is 6.71 Å². The molecule has 10 heteroatoms. The number of anilines is 3. The second-order valence-corrected chi connectivity index (χ2v) is 9.66. The molecule has 0 aliphatic carbocycles. The standard InChI is InChI=1S/C29H28BN7O2/c31-20-30-12-10-24-25(18-30)34-27(36-28(24)37-14-16-38-17-15-37)22-6-8-23(9-7-22)33-29-32-13-11-26(35-29)39-19-21-4-2-1-3-5-21/h1-9,11,13H,10,12,14-19H2,(H,32,33,35). The fraction of sp³-hybridized carbons (Fsp3) is 0.276. The van der Waals surface area contributed by atoms with Crippen LogP contribution in [0.4, 0.5) is 17.5 Å². The summed E-state index contributed by atoms with van der Waals surface area (Å²) in [6.07, 6.45) is 4.02. The van der Waals surface area contributed by atoms with Crippen molar-refractivity contribution in [3.63, 3.8) is 0 Å². The Bertz CT molecular complexity index is 1470. The lowest BCUT2D eigenvalue weighted by atomic mass is 9.43. The lowest BCUT2D eigenvalue weighted by Gasteiger charge is -2.31. The monoisotopic (exact) mass is 517 g/mol. The molecular formula is C29H28BN7O2. The molecule has 2 aliphatic heterocycles. The third-order valence-electron chi connectivity index (χ3n) is 7.01. The Morgan fingerprint density at radius 1 is 1.00 bits per heavy atom. The second kappa shape index (κ2) is 11.5. The van der Waals surface area contributed by atoms with Gasteiger partial charge in [0.1, 0.15) is 12.4 Å². The number of hydrogen-bond acceptors (Lipinski definition) is 9. The van der Waals surface area contributed by atoms with E-state index in [9.17, 15) is 5.26 Å². The van der Waals surface area contributed by atoms with Crippen molar-refractivity contribution in [2.24, 2.45) is 0 Å². The van der Waals surface area contributed by atoms with Gasteiger partial charge in [0.2, 0.25) is 11.8 Å². The Balaban J connectivity index is 1.20. The number of nitrogens with one attached hydrogen (secondary N) is 1. The fourth-order valence-corrected chi connectivity index (χ4v) is 4.92. The van der Waals surface area contributed by atoms with Crippen molar-refractivity contribution in [1.29, 1.82) is 5.26 Å². The van der Waals surface area contributed by atoms with Crippen LogP contribution in [0.2, 0.25) is 6.32 Å². The van der Waals surface area contributed by atoms with Crippen LogP contribution in [0.3, 0.4) is 0 Å². The van der Waals surface area contributed by atoms with E-state index in [1.165, 1.54) is 5.56 Å². The molecule has 4 aromatic rings. The molecule has 0 bridgehead atoms. The van der Waals surface area contributed by atoms with Gasteiger partial charge in [0, 0.05) is 53.8 Å². The van der Waals surface area contributed by atoms with E-state index in [0.29, 0.717) is 43.8 Å². The minimum Gasteiger partial charge on any atom is -0.473 e. The van der Waals surface area contributed by atoms with E-state index in [4.69, 9.17) is 19.4 Å². The molecule has 1 N–H and O–H groups in total. The predicted octanol–water partition coefficient (Wildman–Crippen LogP) is 4.29. The van der Waals surface area contributed by atoms with E-state index in [1.54, 1.807) is 12.3 Å². The summed E-state index contributed by atoms with van der Waals surface area (Å²) in [6.45, 7) is 3.43. The minimum absolute atomic E-state index is 0.00296. The fourth-order valence-electron chi connectivity index (χ4n) is 4.92. The van der Waals surface area contributed by atoms with Crippen LogP contribution < -0.4 is 15.0 Å². The summed E-state index contributed by atoms with van der Waals surface area (Å²) in [5, 5.41) is 12.8. The lowest BCUT2D eigenvalue weighted by molar-refractivity contribution is 0.122. The molecule has 2 aromatic heterocycles. The molecule has 0 radical (unpaired) electrons. The van der Waals surface area contributed by atoms with E-state index >= 15 is 0 Å². The average Bonchev–Trinajstić information content (AvgIpc) is 3.00. The number of nitriles is 1. The summed E-state index contributed by atoms with van der Waals surface area (Å²) in [5.41, 5.74) is 5.00. The Hall–Kier alpha value is -4.49. The highest BCUT2D eigenvalue weighted by molar-refractivity contribution is 6.66. The normalized spacial score (nSPS) is 14.8. The van der Waals surface area contributed by atoms with Gasteiger partial charge >= 0.3 is 0 Å². The second-order valence-electron chi connectivity index (χ2n) is 9.66. The van der Waals surface area contributed by atoms with E-state index < -0.39 is 0 Å². The quantitative estimate of drug-likeness (QED) is 0.359. The number of rotatable bonds is 7. The van der Waals surface area contributed by atoms with Crippen molar-refractivity contribution in [2.45, 2.75) is 25.7 Å². The first-order valence-corrected chi connectivity index (χ1v) is 13.2. The molecule has 4 heterocycles. The van der Waals surface area contributed by atoms with Gasteiger partial charge < -0.3 is 19.7 Å². The van der Waals surface area contributed by atoms with Crippen molar-refractivity contribution in [2.75, 3.05) is 36.5 Å². The van der Waals surface area contributed by atoms with Crippen LogP contribution in [-0.2, 0) is 24.1 Å². The molecule has 2 aliphatic rings. The molecule has 0 atom stereocenters. The summed E-state index contributed by atoms with van der Waals surface area (Å²) in [4.78, 5) is 21.0. The summed E-state index contributed by atoms with van der Waals surface area (Å²) < 4.78 is 11.4. The zero-order valence-corrected chi connectivity index (χ0v) is 21.6. The molecule has 0 saturated carbocycles. The highest BCUT2D eigenvalue weighted by atomic mass is 16.5. The van der Waals surface area contributed by atoms with E-state index in [1.807, 2.05) is 54.6 Å². The first-order chi connectivity index (χ1) is 19.2. The zero-order valence-electron chi connectivity index (χ0n) is 21.6. The van der Waals surface area contributed by atoms with Crippen LogP contribution in [0.1, 0.15) is 16.8 Å². The summed E-state index contributed by atoms with van der Waals surface area (Å²) in [6, 6.07) is 19.6. The molecule has 0 amide bonds. The summed E-state index contributed by atoms with van der Waals surface area (Å²) >= 11 is 0. The smallest absolute Gasteiger partial charge is 0.274 e. The topological polar surface area (TPSA) is 109 Å². The third-order valence-corrected chi connectivity index (χ3v) is 7.01. The van der Waals surface area contributed by atoms with E-state index in [-0.39, 0.29) is 6.71 Å². The number of benzene rings is 2. The number of hydrogen-bond donors (Lipinski definition) is 1. The molecule has 1 fully saturated rings. The Kier molecular flexibility index (Phi) is 7.32. The van der Waals surface area contributed by atoms with Crippen LogP contribution in [-0.4, -0.2) is 53.0 Å². The minimum atomic E-state index is -0.00296. The summed E-state index contributed by atoms with van der Waals surface area (Å²) in [7, 11) is 0. The maximum Gasteiger partial charge on any atom is 0.274 e. The van der Waals surface area contributed by atoms with Gasteiger partial charge in [-0.05, 0) is 42.6 Å². The number of morpholine rings is 1. The summed E-state index contributed by atoms with van der Waals surface area (Å²) in [5.74, 6) is 5.04. The average molecular weight is 517 g/mol. The van der Waals surface area contributed by atoms with Crippen LogP contribution in [0, 0.1) is 11.2 Å². The number of aromatic nitrogens is 4. The van der Waals surface area contributed by atoms with Crippen molar-refractivity contribution < 1.29 is 9.47 Å². The SMILES string of the molecule is N#CB1CCc2c(nc(-c3ccc(Nc4nccc(OCc5ccccc5)n4)cc3)nc2N2CCOCC2)C1. The Morgan fingerprint density at radius 2 is 1.82 bits per heavy atom. The van der Waals surface area contributed by atoms with Gasteiger partial charge in [-0.15, -0.1) is 0 Å². The maximum absolute atomic E-state index is 9.53. The molecular weight excluding hydrogens is 489 g/mol. The van der Waals surface area contributed by atoms with Crippen LogP contribution >= 0.6 is 0 Å². The Labute approximate surface area is 228 Å². The van der Waals surface area contributed by atoms with Crippen LogP contribution in [0.15, 0.2) is 66.9 Å². The highest BCUT2D eigenvalue weighted by Crippen LogP contribution is 2.32. The largest absolute Gasteiger partial charge is 0.473 e. The lowest BCUT2D eigenvalue weighted by Crippen LogP contribution is -2.38. The van der Waals surface area contributed by atoms with Gasteiger partial charge in [-0.2, -0.15) is 4.98 Å². The number of ether oxygens (including phenoxy) is 2. The molecule has 2 aromatic carbocycles. The molecule has 39 heavy (non-hydrogen) atoms. The molecule has 6 rings (SSSR count). The van der Waals surface area contributed by atoms with Crippen molar-refractivity contribution in [3.05, 3.63) is 83.7 Å². The zero-order chi connectivity index (χ0) is 26.4. The molecule has 194 valence electrons. The molecule has 9 nitrogen and oxygen atoms in total. The predicted molar refractivity (Wildman–Crippen MR) is 150 cm³/mol. The maximum atomic E-state index is 9.53. The third kappa shape index (κ3) is 5.84. The van der Waals surface area contributed by atoms with Crippen molar-refractivity contribution in [3.8, 4) is 23.2 Å². The molecule has 1 saturated heterocycles. The highest BCUT2D eigenvalue weighted by Gasteiger charge is 2.29. The first kappa shape index (κ1) is 24.8. The van der Waals surface area contributed by atoms with Crippen LogP contribution in [0.25, 0.3) is 11.4 Å². The number of nitrogens with zero attached hydrogens (tertiary/aromatic N) is 6. The van der Waals surface area contributed by atoms with Gasteiger partial charge in [-0.1, -0.05) is 36.7 Å². The van der Waals surface area contributed by atoms with Crippen molar-refractivity contribution >= 4 is 24.2 Å². The first-order valence-electron chi connectivity index (χ1n) is 13.2. The Morgan fingerprint density at radius 3 is 2.62 bits per heavy atom. The molecule has 0 spiro atoms. The van der Waals surface area contributed by atoms with Gasteiger partial charge in [-0.25, -0.2) is 20.2 Å². The van der Waals surface area contributed by atoms with Gasteiger partial charge in [0.15, 0.2) is 5.82 Å². The van der Waals surface area contributed by atoms with Gasteiger partial charge in [-0.3, -0.25) is 0 Å². The van der Waals surface area contributed by atoms with Gasteiger partial charge in [0.05, 0.1) is 13.2 Å². The van der Waals surface area contributed by atoms with E-state index in [2.05, 4.69) is 26.2 Å². The van der Waals surface area contributed by atoms with Crippen LogP contribution in [0.5, 0.6) is 5.88 Å².